The average Bonchev–Trinajstić information content (AvgIpc) is 3.57. The van der Waals surface area contributed by atoms with Gasteiger partial charge in [0.15, 0.2) is 6.10 Å². The number of anilines is 2. The Bertz CT molecular complexity index is 1940. The number of carbonyl (C=O) groups excluding carboxylic acids is 3. The van der Waals surface area contributed by atoms with E-state index in [1.54, 1.807) is 72.8 Å². The lowest BCUT2D eigenvalue weighted by Gasteiger charge is -2.29. The van der Waals surface area contributed by atoms with E-state index in [0.717, 1.165) is 10.8 Å². The van der Waals surface area contributed by atoms with E-state index in [2.05, 4.69) is 0 Å². The number of nitrogens with zero attached hydrogens (tertiary/aromatic N) is 3. The third-order valence-electron chi connectivity index (χ3n) is 7.86. The molecule has 44 heavy (non-hydrogen) atoms. The summed E-state index contributed by atoms with van der Waals surface area (Å²) in [6.45, 7) is 0. The van der Waals surface area contributed by atoms with Crippen molar-refractivity contribution in [3.05, 3.63) is 143 Å². The van der Waals surface area contributed by atoms with E-state index in [0.29, 0.717) is 22.5 Å². The molecule has 0 saturated carbocycles. The standard InChI is InChI=1S/C34H23N3O7/c38-32-29-30(22-16-18-26(19-17-22)43-34(40)23-9-2-1-3-10-23)36(24-12-7-13-25(20-24)37(41)42)44-31(29)33(39)35(32)28-15-6-11-21-8-4-5-14-27(21)28/h1-20,29-31H/t29-,30-,31-/m1/s1. The van der Waals surface area contributed by atoms with Gasteiger partial charge in [-0.05, 0) is 47.3 Å². The van der Waals surface area contributed by atoms with E-state index in [9.17, 15) is 24.5 Å². The maximum atomic E-state index is 14.2. The molecule has 0 radical (unpaired) electrons. The lowest BCUT2D eigenvalue weighted by molar-refractivity contribution is -0.384. The van der Waals surface area contributed by atoms with Gasteiger partial charge in [0.1, 0.15) is 11.7 Å². The highest BCUT2D eigenvalue weighted by molar-refractivity contribution is 6.26. The smallest absolute Gasteiger partial charge is 0.343 e. The highest BCUT2D eigenvalue weighted by Gasteiger charge is 2.60. The summed E-state index contributed by atoms with van der Waals surface area (Å²) in [6, 6.07) is 33.0. The van der Waals surface area contributed by atoms with Crippen LogP contribution in [0.5, 0.6) is 5.75 Å². The normalized spacial score (nSPS) is 19.3. The molecule has 2 aliphatic rings. The molecule has 2 heterocycles. The molecule has 10 heteroatoms. The van der Waals surface area contributed by atoms with Gasteiger partial charge in [0, 0.05) is 17.5 Å². The third kappa shape index (κ3) is 4.54. The average molecular weight is 586 g/mol. The largest absolute Gasteiger partial charge is 0.423 e. The van der Waals surface area contributed by atoms with Crippen LogP contribution in [0.25, 0.3) is 10.8 Å². The number of amides is 2. The summed E-state index contributed by atoms with van der Waals surface area (Å²) in [7, 11) is 0. The van der Waals surface area contributed by atoms with Gasteiger partial charge in [0.25, 0.3) is 11.6 Å². The molecule has 0 aromatic heterocycles. The van der Waals surface area contributed by atoms with Gasteiger partial charge in [-0.15, -0.1) is 0 Å². The van der Waals surface area contributed by atoms with Crippen LogP contribution in [-0.4, -0.2) is 28.8 Å². The van der Waals surface area contributed by atoms with E-state index in [4.69, 9.17) is 9.57 Å². The van der Waals surface area contributed by atoms with Crippen molar-refractivity contribution in [1.29, 1.82) is 0 Å². The van der Waals surface area contributed by atoms with Gasteiger partial charge < -0.3 is 4.74 Å². The van der Waals surface area contributed by atoms with Gasteiger partial charge in [-0.25, -0.2) is 14.8 Å². The second-order valence-corrected chi connectivity index (χ2v) is 10.4. The fraction of sp³-hybridized carbons (Fsp3) is 0.0882. The van der Waals surface area contributed by atoms with Crippen molar-refractivity contribution in [3.8, 4) is 5.75 Å². The van der Waals surface area contributed by atoms with Gasteiger partial charge in [-0.3, -0.25) is 24.5 Å². The minimum atomic E-state index is -1.17. The summed E-state index contributed by atoms with van der Waals surface area (Å²) < 4.78 is 5.52. The molecule has 0 aliphatic carbocycles. The number of hydroxylamine groups is 1. The molecule has 0 N–H and O–H groups in total. The zero-order valence-electron chi connectivity index (χ0n) is 23.0. The fourth-order valence-corrected chi connectivity index (χ4v) is 5.83. The first-order valence-corrected chi connectivity index (χ1v) is 13.8. The number of esters is 1. The van der Waals surface area contributed by atoms with Crippen molar-refractivity contribution in [1.82, 2.24) is 0 Å². The lowest BCUT2D eigenvalue weighted by Crippen LogP contribution is -2.37. The molecule has 2 aliphatic heterocycles. The van der Waals surface area contributed by atoms with Crippen LogP contribution >= 0.6 is 0 Å². The van der Waals surface area contributed by atoms with Gasteiger partial charge in [0.05, 0.1) is 27.9 Å². The summed E-state index contributed by atoms with van der Waals surface area (Å²) in [6.07, 6.45) is -1.17. The van der Waals surface area contributed by atoms with Crippen molar-refractivity contribution in [2.24, 2.45) is 5.92 Å². The Morgan fingerprint density at radius 2 is 1.50 bits per heavy atom. The van der Waals surface area contributed by atoms with Crippen LogP contribution in [-0.2, 0) is 14.4 Å². The van der Waals surface area contributed by atoms with E-state index in [1.807, 2.05) is 30.3 Å². The highest BCUT2D eigenvalue weighted by atomic mass is 16.7. The summed E-state index contributed by atoms with van der Waals surface area (Å²) in [5.41, 5.74) is 1.59. The number of hydrogen-bond acceptors (Lipinski definition) is 8. The topological polar surface area (TPSA) is 119 Å². The Labute approximate surface area is 250 Å². The van der Waals surface area contributed by atoms with Crippen LogP contribution < -0.4 is 14.7 Å². The zero-order chi connectivity index (χ0) is 30.4. The number of rotatable bonds is 6. The number of hydrogen-bond donors (Lipinski definition) is 0. The maximum Gasteiger partial charge on any atom is 0.343 e. The number of nitro benzene ring substituents is 1. The zero-order valence-corrected chi connectivity index (χ0v) is 23.0. The fourth-order valence-electron chi connectivity index (χ4n) is 5.83. The molecule has 2 saturated heterocycles. The Kier molecular flexibility index (Phi) is 6.60. The molecule has 10 nitrogen and oxygen atoms in total. The van der Waals surface area contributed by atoms with Gasteiger partial charge in [-0.1, -0.05) is 72.8 Å². The Hall–Kier alpha value is -5.87. The first-order chi connectivity index (χ1) is 21.4. The minimum Gasteiger partial charge on any atom is -0.423 e. The van der Waals surface area contributed by atoms with Gasteiger partial charge in [-0.2, -0.15) is 0 Å². The molecule has 0 bridgehead atoms. The Balaban J connectivity index is 1.27. The van der Waals surface area contributed by atoms with Crippen LogP contribution in [0.1, 0.15) is 22.0 Å². The van der Waals surface area contributed by atoms with Crippen molar-refractivity contribution in [3.63, 3.8) is 0 Å². The summed E-state index contributed by atoms with van der Waals surface area (Å²) in [5, 5.41) is 14.6. The predicted octanol–water partition coefficient (Wildman–Crippen LogP) is 6.02. The molecule has 0 spiro atoms. The molecule has 2 amide bonds. The minimum absolute atomic E-state index is 0.167. The summed E-state index contributed by atoms with van der Waals surface area (Å²) in [4.78, 5) is 59.0. The van der Waals surface area contributed by atoms with Gasteiger partial charge in [0.2, 0.25) is 5.91 Å². The van der Waals surface area contributed by atoms with Crippen molar-refractivity contribution >= 4 is 45.6 Å². The Morgan fingerprint density at radius 3 is 2.27 bits per heavy atom. The molecule has 216 valence electrons. The predicted molar refractivity (Wildman–Crippen MR) is 161 cm³/mol. The van der Waals surface area contributed by atoms with Crippen molar-refractivity contribution < 1.29 is 28.9 Å². The number of nitro groups is 1. The molecule has 7 rings (SSSR count). The second-order valence-electron chi connectivity index (χ2n) is 10.4. The first-order valence-electron chi connectivity index (χ1n) is 13.8. The van der Waals surface area contributed by atoms with Crippen molar-refractivity contribution in [2.45, 2.75) is 12.1 Å². The highest BCUT2D eigenvalue weighted by Crippen LogP contribution is 2.48. The van der Waals surface area contributed by atoms with Gasteiger partial charge >= 0.3 is 5.97 Å². The van der Waals surface area contributed by atoms with Crippen LogP contribution in [0.3, 0.4) is 0 Å². The summed E-state index contributed by atoms with van der Waals surface area (Å²) in [5.74, 6) is -2.18. The quantitative estimate of drug-likeness (QED) is 0.0781. The van der Waals surface area contributed by atoms with E-state index in [1.165, 1.54) is 28.2 Å². The number of carbonyl (C=O) groups is 3. The number of non-ortho nitro benzene ring substituents is 1. The number of ether oxygens (including phenoxy) is 1. The molecular weight excluding hydrogens is 562 g/mol. The SMILES string of the molecule is O=C(Oc1ccc([C@@H]2[C@H]3C(=O)N(c4cccc5ccccc45)C(=O)[C@@H]3ON2c2cccc([N+](=O)[O-])c2)cc1)c1ccccc1. The van der Waals surface area contributed by atoms with Crippen LogP contribution in [0, 0.1) is 16.0 Å². The van der Waals surface area contributed by atoms with Crippen LogP contribution in [0.15, 0.2) is 121 Å². The number of benzene rings is 5. The molecule has 3 atom stereocenters. The molecule has 5 aromatic rings. The van der Waals surface area contributed by atoms with Crippen molar-refractivity contribution in [2.75, 3.05) is 9.96 Å². The van der Waals surface area contributed by atoms with Crippen LogP contribution in [0.4, 0.5) is 17.1 Å². The maximum absolute atomic E-state index is 14.2. The van der Waals surface area contributed by atoms with Crippen LogP contribution in [0.2, 0.25) is 0 Å². The molecule has 2 fully saturated rings. The molecule has 0 unspecified atom stereocenters. The number of imide groups is 1. The Morgan fingerprint density at radius 1 is 0.795 bits per heavy atom. The lowest BCUT2D eigenvalue weighted by atomic mass is 9.90. The monoisotopic (exact) mass is 585 g/mol. The first kappa shape index (κ1) is 27.0. The number of fused-ring (bicyclic) bond motifs is 2. The molecular formula is C34H23N3O7. The van der Waals surface area contributed by atoms with E-state index >= 15 is 0 Å². The molecule has 5 aromatic carbocycles. The third-order valence-corrected chi connectivity index (χ3v) is 7.86. The second kappa shape index (κ2) is 10.8. The van der Waals surface area contributed by atoms with E-state index in [-0.39, 0.29) is 11.4 Å². The van der Waals surface area contributed by atoms with E-state index < -0.39 is 40.8 Å². The summed E-state index contributed by atoms with van der Waals surface area (Å²) >= 11 is 0.